The number of halogens is 1. The number of hydrogen-bond donors (Lipinski definition) is 2. The van der Waals surface area contributed by atoms with Crippen LogP contribution in [-0.2, 0) is 16.2 Å². The Labute approximate surface area is 175 Å². The normalized spacial score (nSPS) is 17.3. The summed E-state index contributed by atoms with van der Waals surface area (Å²) in [5.74, 6) is -0.655. The molecule has 156 valence electrons. The average Bonchev–Trinajstić information content (AvgIpc) is 3.06. The largest absolute Gasteiger partial charge is 0.496 e. The van der Waals surface area contributed by atoms with Gasteiger partial charge in [0.25, 0.3) is 0 Å². The van der Waals surface area contributed by atoms with E-state index in [4.69, 9.17) is 14.6 Å². The number of rotatable bonds is 8. The Morgan fingerprint density at radius 2 is 2.07 bits per heavy atom. The summed E-state index contributed by atoms with van der Waals surface area (Å²) in [5.41, 5.74) is 1.47. The van der Waals surface area contributed by atoms with E-state index in [0.717, 1.165) is 17.3 Å². The molecule has 1 unspecified atom stereocenters. The highest BCUT2D eigenvalue weighted by Gasteiger charge is 2.32. The molecule has 2 aromatic carbocycles. The molecule has 1 atom stereocenters. The monoisotopic (exact) mass is 431 g/mol. The highest BCUT2D eigenvalue weighted by molar-refractivity contribution is 8.15. The number of carboxylic acid groups (broad SMARTS) is 1. The molecule has 0 saturated carbocycles. The predicted molar refractivity (Wildman–Crippen MR) is 111 cm³/mol. The van der Waals surface area contributed by atoms with Gasteiger partial charge in [-0.05, 0) is 48.0 Å². The smallest absolute Gasteiger partial charge is 0.305 e. The predicted octanol–water partition coefficient (Wildman–Crippen LogP) is 2.81. The maximum Gasteiger partial charge on any atom is 0.305 e. The second-order valence-corrected chi connectivity index (χ2v) is 7.35. The molecule has 1 heterocycles. The molecule has 2 aromatic rings. The Balaban J connectivity index is 1.66. The van der Waals surface area contributed by atoms with Gasteiger partial charge >= 0.3 is 5.97 Å². The van der Waals surface area contributed by atoms with Crippen LogP contribution in [0.5, 0.6) is 11.5 Å². The van der Waals surface area contributed by atoms with Crippen LogP contribution in [0.3, 0.4) is 0 Å². The topological polar surface area (TPSA) is 110 Å². The van der Waals surface area contributed by atoms with Gasteiger partial charge in [-0.25, -0.2) is 4.39 Å². The minimum Gasteiger partial charge on any atom is -0.496 e. The van der Waals surface area contributed by atoms with Gasteiger partial charge in [0.1, 0.15) is 29.2 Å². The Hall–Kier alpha value is -3.40. The van der Waals surface area contributed by atoms with Crippen molar-refractivity contribution in [2.75, 3.05) is 7.11 Å². The van der Waals surface area contributed by atoms with Crippen molar-refractivity contribution < 1.29 is 28.6 Å². The SMILES string of the molecule is COc1ccc(C=NN=C2NC(=O)C(CC(=O)O)S2)cc1COc1ccc(F)cc1. The molecule has 30 heavy (non-hydrogen) atoms. The Kier molecular flexibility index (Phi) is 7.02. The molecule has 1 amide bonds. The molecule has 0 aromatic heterocycles. The first-order valence-electron chi connectivity index (χ1n) is 8.80. The van der Waals surface area contributed by atoms with Crippen LogP contribution in [0, 0.1) is 5.82 Å². The number of ether oxygens (including phenoxy) is 2. The molecule has 0 radical (unpaired) electrons. The highest BCUT2D eigenvalue weighted by atomic mass is 32.2. The van der Waals surface area contributed by atoms with Gasteiger partial charge in [0.15, 0.2) is 5.17 Å². The summed E-state index contributed by atoms with van der Waals surface area (Å²) in [7, 11) is 1.55. The van der Waals surface area contributed by atoms with E-state index in [1.165, 1.54) is 30.5 Å². The summed E-state index contributed by atoms with van der Waals surface area (Å²) in [6, 6.07) is 11.0. The highest BCUT2D eigenvalue weighted by Crippen LogP contribution is 2.23. The minimum atomic E-state index is -1.05. The molecule has 1 fully saturated rings. The lowest BCUT2D eigenvalue weighted by atomic mass is 10.1. The maximum absolute atomic E-state index is 13.0. The van der Waals surface area contributed by atoms with Gasteiger partial charge in [0, 0.05) is 5.56 Å². The number of amidine groups is 1. The number of carbonyl (C=O) groups excluding carboxylic acids is 1. The van der Waals surface area contributed by atoms with E-state index in [-0.39, 0.29) is 24.0 Å². The summed E-state index contributed by atoms with van der Waals surface area (Å²) >= 11 is 1.03. The van der Waals surface area contributed by atoms with E-state index in [0.29, 0.717) is 17.1 Å². The average molecular weight is 431 g/mol. The number of amides is 1. The lowest BCUT2D eigenvalue weighted by Crippen LogP contribution is -2.26. The van der Waals surface area contributed by atoms with E-state index in [2.05, 4.69) is 15.5 Å². The first-order valence-corrected chi connectivity index (χ1v) is 9.68. The number of thioether (sulfide) groups is 1. The van der Waals surface area contributed by atoms with Crippen LogP contribution >= 0.6 is 11.8 Å². The number of benzene rings is 2. The molecule has 0 spiro atoms. The lowest BCUT2D eigenvalue weighted by Gasteiger charge is -2.11. The molecule has 1 saturated heterocycles. The Morgan fingerprint density at radius 1 is 1.30 bits per heavy atom. The summed E-state index contributed by atoms with van der Waals surface area (Å²) < 4.78 is 24.0. The molecular formula is C20H18FN3O5S. The Bertz CT molecular complexity index is 994. The second kappa shape index (κ2) is 9.88. The van der Waals surface area contributed by atoms with Crippen LogP contribution in [0.4, 0.5) is 4.39 Å². The summed E-state index contributed by atoms with van der Waals surface area (Å²) in [4.78, 5) is 22.4. The van der Waals surface area contributed by atoms with Gasteiger partial charge in [-0.1, -0.05) is 11.8 Å². The van der Waals surface area contributed by atoms with Crippen molar-refractivity contribution in [2.45, 2.75) is 18.3 Å². The van der Waals surface area contributed by atoms with Crippen molar-refractivity contribution in [2.24, 2.45) is 10.2 Å². The van der Waals surface area contributed by atoms with Crippen LogP contribution in [-0.4, -0.2) is 40.7 Å². The van der Waals surface area contributed by atoms with Crippen molar-refractivity contribution in [3.05, 3.63) is 59.4 Å². The van der Waals surface area contributed by atoms with E-state index in [1.54, 1.807) is 25.3 Å². The van der Waals surface area contributed by atoms with Crippen LogP contribution in [0.25, 0.3) is 0 Å². The van der Waals surface area contributed by atoms with Crippen molar-refractivity contribution in [1.29, 1.82) is 0 Å². The third-order valence-corrected chi connectivity index (χ3v) is 5.08. The summed E-state index contributed by atoms with van der Waals surface area (Å²) in [6.07, 6.45) is 1.21. The third kappa shape index (κ3) is 5.80. The van der Waals surface area contributed by atoms with Gasteiger partial charge in [0.05, 0.1) is 19.7 Å². The lowest BCUT2D eigenvalue weighted by molar-refractivity contribution is -0.138. The number of hydrogen-bond acceptors (Lipinski definition) is 7. The van der Waals surface area contributed by atoms with Gasteiger partial charge in [-0.15, -0.1) is 5.10 Å². The number of methoxy groups -OCH3 is 1. The van der Waals surface area contributed by atoms with Crippen LogP contribution in [0.1, 0.15) is 17.5 Å². The molecular weight excluding hydrogens is 413 g/mol. The van der Waals surface area contributed by atoms with Crippen LogP contribution < -0.4 is 14.8 Å². The molecule has 8 nitrogen and oxygen atoms in total. The van der Waals surface area contributed by atoms with E-state index in [1.807, 2.05) is 0 Å². The van der Waals surface area contributed by atoms with Gasteiger partial charge in [-0.2, -0.15) is 5.10 Å². The number of aliphatic carboxylic acids is 1. The third-order valence-electron chi connectivity index (χ3n) is 4.00. The number of carboxylic acids is 1. The molecule has 10 heteroatoms. The zero-order valence-corrected chi connectivity index (χ0v) is 16.7. The number of nitrogens with zero attached hydrogens (tertiary/aromatic N) is 2. The first kappa shape index (κ1) is 21.3. The van der Waals surface area contributed by atoms with E-state index in [9.17, 15) is 14.0 Å². The van der Waals surface area contributed by atoms with Crippen molar-refractivity contribution >= 4 is 35.0 Å². The second-order valence-electron chi connectivity index (χ2n) is 6.16. The fourth-order valence-corrected chi connectivity index (χ4v) is 3.49. The van der Waals surface area contributed by atoms with Crippen LogP contribution in [0.15, 0.2) is 52.7 Å². The quantitative estimate of drug-likeness (QED) is 0.491. The van der Waals surface area contributed by atoms with Gasteiger partial charge in [0.2, 0.25) is 5.91 Å². The summed E-state index contributed by atoms with van der Waals surface area (Å²) in [6.45, 7) is 0.202. The maximum atomic E-state index is 13.0. The Morgan fingerprint density at radius 3 is 2.77 bits per heavy atom. The van der Waals surface area contributed by atoms with Crippen molar-refractivity contribution in [3.8, 4) is 11.5 Å². The molecule has 1 aliphatic rings. The zero-order chi connectivity index (χ0) is 21.5. The van der Waals surface area contributed by atoms with Crippen molar-refractivity contribution in [1.82, 2.24) is 5.32 Å². The van der Waals surface area contributed by atoms with Gasteiger partial charge < -0.3 is 19.9 Å². The number of carbonyl (C=O) groups is 2. The molecule has 0 aliphatic carbocycles. The fraction of sp³-hybridized carbons (Fsp3) is 0.200. The molecule has 0 bridgehead atoms. The van der Waals surface area contributed by atoms with Crippen LogP contribution in [0.2, 0.25) is 0 Å². The van der Waals surface area contributed by atoms with E-state index >= 15 is 0 Å². The van der Waals surface area contributed by atoms with E-state index < -0.39 is 17.1 Å². The van der Waals surface area contributed by atoms with Crippen molar-refractivity contribution in [3.63, 3.8) is 0 Å². The zero-order valence-electron chi connectivity index (χ0n) is 15.9. The number of nitrogens with one attached hydrogen (secondary N) is 1. The minimum absolute atomic E-state index is 0.202. The van der Waals surface area contributed by atoms with Gasteiger partial charge in [-0.3, -0.25) is 9.59 Å². The molecule has 2 N–H and O–H groups in total. The fourth-order valence-electron chi connectivity index (χ4n) is 2.58. The standard InChI is InChI=1S/C20H18FN3O5S/c1-28-16-7-2-12(8-13(16)11-29-15-5-3-14(21)4-6-15)10-22-24-20-23-19(27)17(30-20)9-18(25)26/h2-8,10,17H,9,11H2,1H3,(H,25,26)(H,23,24,27). The molecule has 3 rings (SSSR count). The molecule has 1 aliphatic heterocycles. The summed E-state index contributed by atoms with van der Waals surface area (Å²) in [5, 5.41) is 18.7. The first-order chi connectivity index (χ1) is 14.4.